The summed E-state index contributed by atoms with van der Waals surface area (Å²) in [4.78, 5) is 25.0. The fraction of sp³-hybridized carbons (Fsp3) is 0.450. The molecule has 1 amide bonds. The van der Waals surface area contributed by atoms with Crippen molar-refractivity contribution >= 4 is 23.3 Å². The number of amides is 1. The van der Waals surface area contributed by atoms with Crippen molar-refractivity contribution in [3.63, 3.8) is 0 Å². The van der Waals surface area contributed by atoms with Crippen LogP contribution in [0.3, 0.4) is 0 Å². The molecule has 1 atom stereocenters. The lowest BCUT2D eigenvalue weighted by atomic mass is 10.2. The summed E-state index contributed by atoms with van der Waals surface area (Å²) in [6.45, 7) is 6.42. The third kappa shape index (κ3) is 4.39. The van der Waals surface area contributed by atoms with Crippen LogP contribution in [0.1, 0.15) is 33.9 Å². The Kier molecular flexibility index (Phi) is 5.97. The summed E-state index contributed by atoms with van der Waals surface area (Å²) >= 11 is 6.24. The topological polar surface area (TPSA) is 61.4 Å². The number of hydrogen-bond donors (Lipinski definition) is 1. The highest BCUT2D eigenvalue weighted by Crippen LogP contribution is 2.24. The molecule has 0 unspecified atom stereocenters. The van der Waals surface area contributed by atoms with E-state index in [2.05, 4.69) is 20.2 Å². The van der Waals surface area contributed by atoms with Crippen LogP contribution in [0.5, 0.6) is 0 Å². The molecule has 1 N–H and O–H groups in total. The van der Waals surface area contributed by atoms with Crippen LogP contribution >= 0.6 is 11.6 Å². The van der Waals surface area contributed by atoms with Crippen LogP contribution in [0.4, 0.5) is 5.82 Å². The molecule has 1 fully saturated rings. The van der Waals surface area contributed by atoms with Gasteiger partial charge in [-0.15, -0.1) is 0 Å². The van der Waals surface area contributed by atoms with E-state index in [0.717, 1.165) is 53.7 Å². The van der Waals surface area contributed by atoms with E-state index in [9.17, 15) is 4.79 Å². The number of carbonyl (C=O) groups is 1. The summed E-state index contributed by atoms with van der Waals surface area (Å²) in [6, 6.07) is 8.24. The highest BCUT2D eigenvalue weighted by Gasteiger charge is 2.26. The van der Waals surface area contributed by atoms with Gasteiger partial charge in [-0.2, -0.15) is 0 Å². The Morgan fingerprint density at radius 2 is 2.04 bits per heavy atom. The van der Waals surface area contributed by atoms with E-state index in [-0.39, 0.29) is 11.7 Å². The third-order valence-electron chi connectivity index (χ3n) is 4.99. The number of benzene rings is 1. The van der Waals surface area contributed by atoms with Gasteiger partial charge in [-0.25, -0.2) is 9.97 Å². The number of carbonyl (C=O) groups excluding carboxylic acids is 1. The maximum atomic E-state index is 12.3. The largest absolute Gasteiger partial charge is 0.355 e. The second-order valence-electron chi connectivity index (χ2n) is 7.18. The first-order chi connectivity index (χ1) is 12.9. The average molecular weight is 388 g/mol. The predicted molar refractivity (Wildman–Crippen MR) is 108 cm³/mol. The van der Waals surface area contributed by atoms with Gasteiger partial charge in [0.05, 0.1) is 0 Å². The minimum absolute atomic E-state index is 0.174. The van der Waals surface area contributed by atoms with Gasteiger partial charge in [-0.3, -0.25) is 4.79 Å². The summed E-state index contributed by atoms with van der Waals surface area (Å²) in [5.74, 6) is 0.937. The Bertz CT molecular complexity index is 839. The first-order valence-corrected chi connectivity index (χ1v) is 9.53. The number of halogens is 1. The molecule has 1 aliphatic rings. The zero-order valence-corrected chi connectivity index (χ0v) is 17.0. The fourth-order valence-corrected chi connectivity index (χ4v) is 3.44. The summed E-state index contributed by atoms with van der Waals surface area (Å²) in [6.07, 6.45) is 1.02. The number of hydrogen-bond acceptors (Lipinski definition) is 5. The number of anilines is 1. The zero-order valence-electron chi connectivity index (χ0n) is 16.3. The van der Waals surface area contributed by atoms with E-state index < -0.39 is 0 Å². The van der Waals surface area contributed by atoms with Crippen molar-refractivity contribution in [2.45, 2.75) is 32.9 Å². The summed E-state index contributed by atoms with van der Waals surface area (Å²) in [5, 5.41) is 4.37. The molecule has 1 aromatic carbocycles. The molecule has 1 saturated heterocycles. The van der Waals surface area contributed by atoms with Crippen LogP contribution in [0, 0.1) is 13.8 Å². The van der Waals surface area contributed by atoms with E-state index in [1.807, 2.05) is 38.1 Å². The molecule has 1 aliphatic heterocycles. The van der Waals surface area contributed by atoms with Crippen LogP contribution in [0.15, 0.2) is 24.3 Å². The molecule has 0 saturated carbocycles. The third-order valence-corrected chi connectivity index (χ3v) is 5.36. The van der Waals surface area contributed by atoms with Gasteiger partial charge < -0.3 is 15.1 Å². The molecule has 0 aliphatic carbocycles. The van der Waals surface area contributed by atoms with Crippen molar-refractivity contribution in [3.8, 4) is 0 Å². The van der Waals surface area contributed by atoms with Gasteiger partial charge in [-0.05, 0) is 31.9 Å². The molecule has 2 heterocycles. The number of nitrogens with one attached hydrogen (secondary N) is 1. The molecule has 27 heavy (non-hydrogen) atoms. The first kappa shape index (κ1) is 19.6. The summed E-state index contributed by atoms with van der Waals surface area (Å²) in [7, 11) is 3.43. The molecule has 0 bridgehead atoms. The molecule has 144 valence electrons. The normalized spacial score (nSPS) is 16.6. The molecule has 7 heteroatoms. The van der Waals surface area contributed by atoms with Crippen LogP contribution < -0.4 is 10.2 Å². The number of nitrogens with zero attached hydrogens (tertiary/aromatic N) is 4. The minimum Gasteiger partial charge on any atom is -0.355 e. The first-order valence-electron chi connectivity index (χ1n) is 9.15. The van der Waals surface area contributed by atoms with Crippen LogP contribution in [0.25, 0.3) is 0 Å². The summed E-state index contributed by atoms with van der Waals surface area (Å²) < 4.78 is 0. The van der Waals surface area contributed by atoms with Gasteiger partial charge in [0.15, 0.2) is 0 Å². The van der Waals surface area contributed by atoms with Gasteiger partial charge in [0.2, 0.25) is 5.82 Å². The lowest BCUT2D eigenvalue weighted by molar-refractivity contribution is 0.0815. The van der Waals surface area contributed by atoms with Crippen LogP contribution in [-0.4, -0.2) is 54.0 Å². The standard InChI is InChI=1S/C20H26ClN5O/c1-13-14(2)23-18(20(27)25(3)4)24-19(13)26-10-9-16(12-26)22-11-15-7-5-6-8-17(15)21/h5-8,16,22H,9-12H2,1-4H3/t16-/m1/s1. The van der Waals surface area contributed by atoms with Crippen molar-refractivity contribution in [2.75, 3.05) is 32.1 Å². The van der Waals surface area contributed by atoms with Crippen molar-refractivity contribution < 1.29 is 4.79 Å². The lowest BCUT2D eigenvalue weighted by Gasteiger charge is -2.22. The molecule has 6 nitrogen and oxygen atoms in total. The zero-order chi connectivity index (χ0) is 19.6. The van der Waals surface area contributed by atoms with Gasteiger partial charge in [-0.1, -0.05) is 29.8 Å². The Hall–Kier alpha value is -2.18. The van der Waals surface area contributed by atoms with Crippen molar-refractivity contribution in [1.29, 1.82) is 0 Å². The SMILES string of the molecule is Cc1nc(C(=O)N(C)C)nc(N2CC[C@@H](NCc3ccccc3Cl)C2)c1C. The van der Waals surface area contributed by atoms with E-state index >= 15 is 0 Å². The molecule has 2 aromatic rings. The van der Waals surface area contributed by atoms with Crippen LogP contribution in [0.2, 0.25) is 5.02 Å². The van der Waals surface area contributed by atoms with Crippen molar-refractivity contribution in [3.05, 3.63) is 51.9 Å². The van der Waals surface area contributed by atoms with E-state index in [0.29, 0.717) is 6.04 Å². The Morgan fingerprint density at radius 3 is 2.74 bits per heavy atom. The van der Waals surface area contributed by atoms with Gasteiger partial charge in [0.1, 0.15) is 5.82 Å². The highest BCUT2D eigenvalue weighted by molar-refractivity contribution is 6.31. The molecule has 0 radical (unpaired) electrons. The predicted octanol–water partition coefficient (Wildman–Crippen LogP) is 2.82. The Balaban J connectivity index is 1.71. The summed E-state index contributed by atoms with van der Waals surface area (Å²) in [5.41, 5.74) is 2.97. The minimum atomic E-state index is -0.174. The van der Waals surface area contributed by atoms with Crippen LogP contribution in [-0.2, 0) is 6.54 Å². The van der Waals surface area contributed by atoms with Gasteiger partial charge >= 0.3 is 0 Å². The quantitative estimate of drug-likeness (QED) is 0.854. The Morgan fingerprint density at radius 1 is 1.30 bits per heavy atom. The molecule has 3 rings (SSSR count). The van der Waals surface area contributed by atoms with E-state index in [1.165, 1.54) is 4.90 Å². The number of aromatic nitrogens is 2. The molecular weight excluding hydrogens is 362 g/mol. The van der Waals surface area contributed by atoms with Gasteiger partial charge in [0.25, 0.3) is 5.91 Å². The van der Waals surface area contributed by atoms with Gasteiger partial charge in [0, 0.05) is 56.1 Å². The number of aryl methyl sites for hydroxylation is 1. The monoisotopic (exact) mass is 387 g/mol. The van der Waals surface area contributed by atoms with E-state index in [1.54, 1.807) is 14.1 Å². The second kappa shape index (κ2) is 8.23. The number of rotatable bonds is 5. The van der Waals surface area contributed by atoms with Crippen molar-refractivity contribution in [1.82, 2.24) is 20.2 Å². The Labute approximate surface area is 165 Å². The fourth-order valence-electron chi connectivity index (χ4n) is 3.23. The molecular formula is C20H26ClN5O. The van der Waals surface area contributed by atoms with Crippen molar-refractivity contribution in [2.24, 2.45) is 0 Å². The van der Waals surface area contributed by atoms with E-state index in [4.69, 9.17) is 11.6 Å². The maximum Gasteiger partial charge on any atom is 0.291 e. The second-order valence-corrected chi connectivity index (χ2v) is 7.59. The average Bonchev–Trinajstić information content (AvgIpc) is 3.11. The lowest BCUT2D eigenvalue weighted by Crippen LogP contribution is -2.33. The molecule has 0 spiro atoms. The smallest absolute Gasteiger partial charge is 0.291 e. The highest BCUT2D eigenvalue weighted by atomic mass is 35.5. The maximum absolute atomic E-state index is 12.3. The molecule has 1 aromatic heterocycles.